The molecule has 3 atom stereocenters. The number of aromatic hydroxyl groups is 2. The molecule has 1 aliphatic carbocycles. The number of ketones is 1. The van der Waals surface area contributed by atoms with E-state index < -0.39 is 12.0 Å². The fraction of sp³-hybridized carbons (Fsp3) is 0.389. The van der Waals surface area contributed by atoms with Crippen LogP contribution < -0.4 is 4.74 Å². The summed E-state index contributed by atoms with van der Waals surface area (Å²) in [6.07, 6.45) is 3.12. The molecule has 2 unspecified atom stereocenters. The van der Waals surface area contributed by atoms with E-state index in [2.05, 4.69) is 0 Å². The first-order valence-electron chi connectivity index (χ1n) is 7.78. The third kappa shape index (κ3) is 2.91. The Bertz CT molecular complexity index is 750. The van der Waals surface area contributed by atoms with Gasteiger partial charge in [-0.15, -0.1) is 0 Å². The number of Topliss-reactive ketones (excluding diaryl/α,β-unsaturated/α-hetero) is 1. The molecule has 1 heterocycles. The molecular formula is C18H20O7. The van der Waals surface area contributed by atoms with Crippen LogP contribution in [0, 0.1) is 11.8 Å². The molecule has 25 heavy (non-hydrogen) atoms. The van der Waals surface area contributed by atoms with Crippen LogP contribution >= 0.6 is 0 Å². The highest BCUT2D eigenvalue weighted by Gasteiger charge is 2.41. The topological polar surface area (TPSA) is 94.5 Å². The highest BCUT2D eigenvalue weighted by molar-refractivity contribution is 6.04. The predicted molar refractivity (Wildman–Crippen MR) is 87.6 cm³/mol. The summed E-state index contributed by atoms with van der Waals surface area (Å²) >= 11 is 0. The molecule has 0 radical (unpaired) electrons. The quantitative estimate of drug-likeness (QED) is 0.859. The number of benzene rings is 1. The van der Waals surface area contributed by atoms with E-state index in [0.29, 0.717) is 11.5 Å². The molecule has 0 saturated carbocycles. The molecule has 1 aliphatic heterocycles. The van der Waals surface area contributed by atoms with Crippen molar-refractivity contribution in [3.05, 3.63) is 41.4 Å². The van der Waals surface area contributed by atoms with Crippen molar-refractivity contribution in [3.8, 4) is 17.2 Å². The Morgan fingerprint density at radius 1 is 1.08 bits per heavy atom. The molecule has 134 valence electrons. The van der Waals surface area contributed by atoms with Gasteiger partial charge in [-0.2, -0.15) is 0 Å². The number of ether oxygens (including phenoxy) is 4. The number of carbonyl (C=O) groups is 1. The number of methoxy groups -OCH3 is 3. The largest absolute Gasteiger partial charge is 0.508 e. The summed E-state index contributed by atoms with van der Waals surface area (Å²) in [6, 6.07) is 2.44. The molecule has 1 aromatic rings. The molecule has 2 aliphatic rings. The van der Waals surface area contributed by atoms with E-state index in [1.807, 2.05) is 0 Å². The molecule has 0 amide bonds. The molecule has 0 spiro atoms. The molecule has 1 aromatic carbocycles. The fourth-order valence-corrected chi connectivity index (χ4v) is 3.28. The average Bonchev–Trinajstić information content (AvgIpc) is 2.60. The van der Waals surface area contributed by atoms with Crippen LogP contribution in [0.2, 0.25) is 0 Å². The van der Waals surface area contributed by atoms with E-state index in [-0.39, 0.29) is 41.1 Å². The molecule has 3 rings (SSSR count). The molecular weight excluding hydrogens is 328 g/mol. The van der Waals surface area contributed by atoms with Gasteiger partial charge >= 0.3 is 0 Å². The smallest absolute Gasteiger partial charge is 0.177 e. The normalized spacial score (nSPS) is 25.4. The average molecular weight is 348 g/mol. The highest BCUT2D eigenvalue weighted by atomic mass is 16.5. The third-order valence-corrected chi connectivity index (χ3v) is 4.53. The Balaban J connectivity index is 1.98. The van der Waals surface area contributed by atoms with Crippen LogP contribution in [0.4, 0.5) is 0 Å². The Labute approximate surface area is 145 Å². The maximum Gasteiger partial charge on any atom is 0.177 e. The van der Waals surface area contributed by atoms with Gasteiger partial charge in [0.05, 0.1) is 32.8 Å². The summed E-state index contributed by atoms with van der Waals surface area (Å²) in [5.41, 5.74) is 0.0674. The SMILES string of the molecule is COC1=CC(OC)C([C@@H]2COc3cc(O)cc(O)c3C2=O)C=C1OC. The second-order valence-electron chi connectivity index (χ2n) is 5.87. The number of hydrogen-bond acceptors (Lipinski definition) is 7. The van der Waals surface area contributed by atoms with E-state index in [1.54, 1.807) is 19.3 Å². The second-order valence-corrected chi connectivity index (χ2v) is 5.87. The van der Waals surface area contributed by atoms with Crippen molar-refractivity contribution in [3.63, 3.8) is 0 Å². The van der Waals surface area contributed by atoms with E-state index in [0.717, 1.165) is 6.07 Å². The molecule has 0 saturated heterocycles. The zero-order chi connectivity index (χ0) is 18.1. The van der Waals surface area contributed by atoms with Gasteiger partial charge in [0.1, 0.15) is 22.8 Å². The van der Waals surface area contributed by atoms with Crippen LogP contribution in [-0.2, 0) is 14.2 Å². The summed E-state index contributed by atoms with van der Waals surface area (Å²) in [5, 5.41) is 19.6. The second kappa shape index (κ2) is 6.68. The van der Waals surface area contributed by atoms with Crippen LogP contribution in [-0.4, -0.2) is 50.0 Å². The van der Waals surface area contributed by atoms with Gasteiger partial charge in [0.15, 0.2) is 17.3 Å². The zero-order valence-corrected chi connectivity index (χ0v) is 14.2. The first kappa shape index (κ1) is 17.2. The molecule has 2 N–H and O–H groups in total. The Kier molecular flexibility index (Phi) is 4.59. The molecule has 0 bridgehead atoms. The van der Waals surface area contributed by atoms with Crippen LogP contribution in [0.5, 0.6) is 17.2 Å². The molecule has 7 nitrogen and oxygen atoms in total. The van der Waals surface area contributed by atoms with E-state index in [1.165, 1.54) is 20.3 Å². The minimum Gasteiger partial charge on any atom is -0.508 e. The van der Waals surface area contributed by atoms with Gasteiger partial charge in [-0.1, -0.05) is 0 Å². The van der Waals surface area contributed by atoms with Gasteiger partial charge in [-0.25, -0.2) is 0 Å². The fourth-order valence-electron chi connectivity index (χ4n) is 3.28. The number of phenolic OH excluding ortho intramolecular Hbond substituents is 2. The van der Waals surface area contributed by atoms with Crippen molar-refractivity contribution in [2.24, 2.45) is 11.8 Å². The Hall–Kier alpha value is -2.67. The van der Waals surface area contributed by atoms with Crippen molar-refractivity contribution in [2.75, 3.05) is 27.9 Å². The summed E-state index contributed by atoms with van der Waals surface area (Å²) < 4.78 is 21.7. The maximum absolute atomic E-state index is 13.0. The van der Waals surface area contributed by atoms with Gasteiger partial charge in [-0.05, 0) is 12.2 Å². The summed E-state index contributed by atoms with van der Waals surface area (Å²) in [5.74, 6) is -0.459. The number of fused-ring (bicyclic) bond motifs is 1. The first-order valence-corrected chi connectivity index (χ1v) is 7.78. The van der Waals surface area contributed by atoms with Crippen LogP contribution in [0.1, 0.15) is 10.4 Å². The van der Waals surface area contributed by atoms with Gasteiger partial charge in [-0.3, -0.25) is 4.79 Å². The highest BCUT2D eigenvalue weighted by Crippen LogP contribution is 2.41. The van der Waals surface area contributed by atoms with Crippen molar-refractivity contribution in [1.82, 2.24) is 0 Å². The summed E-state index contributed by atoms with van der Waals surface area (Å²) in [4.78, 5) is 13.0. The standard InChI is InChI=1S/C18H20O7/c1-22-13-7-15(24-3)14(23-2)6-10(13)11-8-25-16-5-9(19)4-12(20)17(16)18(11)21/h4-7,10-11,13,19-20H,8H2,1-3H3/t10?,11-,13?/m0/s1. The Morgan fingerprint density at radius 2 is 1.76 bits per heavy atom. The monoisotopic (exact) mass is 348 g/mol. The lowest BCUT2D eigenvalue weighted by Gasteiger charge is -2.34. The molecule has 7 heteroatoms. The summed E-state index contributed by atoms with van der Waals surface area (Å²) in [6.45, 7) is 0.100. The van der Waals surface area contributed by atoms with E-state index >= 15 is 0 Å². The minimum absolute atomic E-state index is 0.0674. The lowest BCUT2D eigenvalue weighted by Crippen LogP contribution is -2.40. The predicted octanol–water partition coefficient (Wildman–Crippen LogP) is 1.99. The Morgan fingerprint density at radius 3 is 2.40 bits per heavy atom. The number of carbonyl (C=O) groups excluding carboxylic acids is 1. The van der Waals surface area contributed by atoms with Gasteiger partial charge in [0, 0.05) is 25.2 Å². The van der Waals surface area contributed by atoms with Gasteiger partial charge in [0.25, 0.3) is 0 Å². The third-order valence-electron chi connectivity index (χ3n) is 4.53. The number of phenols is 2. The van der Waals surface area contributed by atoms with E-state index in [9.17, 15) is 15.0 Å². The lowest BCUT2D eigenvalue weighted by atomic mass is 9.78. The number of rotatable bonds is 4. The van der Waals surface area contributed by atoms with Gasteiger partial charge in [0.2, 0.25) is 0 Å². The lowest BCUT2D eigenvalue weighted by molar-refractivity contribution is 0.0436. The molecule has 0 aromatic heterocycles. The van der Waals surface area contributed by atoms with Gasteiger partial charge < -0.3 is 29.2 Å². The first-order chi connectivity index (χ1) is 12.0. The van der Waals surface area contributed by atoms with Crippen LogP contribution in [0.3, 0.4) is 0 Å². The minimum atomic E-state index is -0.576. The van der Waals surface area contributed by atoms with Crippen molar-refractivity contribution >= 4 is 5.78 Å². The van der Waals surface area contributed by atoms with Crippen molar-refractivity contribution in [1.29, 1.82) is 0 Å². The zero-order valence-electron chi connectivity index (χ0n) is 14.2. The van der Waals surface area contributed by atoms with Crippen LogP contribution in [0.25, 0.3) is 0 Å². The van der Waals surface area contributed by atoms with Crippen molar-refractivity contribution < 1.29 is 34.0 Å². The number of hydrogen-bond donors (Lipinski definition) is 2. The van der Waals surface area contributed by atoms with Crippen LogP contribution in [0.15, 0.2) is 35.8 Å². The summed E-state index contributed by atoms with van der Waals surface area (Å²) in [7, 11) is 4.60. The van der Waals surface area contributed by atoms with Crippen molar-refractivity contribution in [2.45, 2.75) is 6.10 Å². The van der Waals surface area contributed by atoms with E-state index in [4.69, 9.17) is 18.9 Å². The maximum atomic E-state index is 13.0. The molecule has 0 fully saturated rings.